The van der Waals surface area contributed by atoms with E-state index in [1.54, 1.807) is 0 Å². The molecular weight excluding hydrogens is 253 g/mol. The summed E-state index contributed by atoms with van der Waals surface area (Å²) < 4.78 is 39.3. The molecule has 0 saturated heterocycles. The van der Waals surface area contributed by atoms with Crippen LogP contribution in [0.3, 0.4) is 0 Å². The van der Waals surface area contributed by atoms with Gasteiger partial charge in [-0.2, -0.15) is 13.2 Å². The van der Waals surface area contributed by atoms with E-state index in [0.29, 0.717) is 30.1 Å². The van der Waals surface area contributed by atoms with E-state index in [2.05, 4.69) is 0 Å². The molecule has 4 heteroatoms. The summed E-state index contributed by atoms with van der Waals surface area (Å²) in [6, 6.07) is 0. The van der Waals surface area contributed by atoms with Crippen LogP contribution in [0.4, 0.5) is 13.2 Å². The maximum atomic E-state index is 13.1. The number of rotatable bonds is 1. The van der Waals surface area contributed by atoms with Gasteiger partial charge in [-0.05, 0) is 80.5 Å². The molecule has 1 nitrogen and oxygen atoms in total. The van der Waals surface area contributed by atoms with E-state index in [9.17, 15) is 18.3 Å². The van der Waals surface area contributed by atoms with Crippen LogP contribution < -0.4 is 0 Å². The van der Waals surface area contributed by atoms with Crippen molar-refractivity contribution < 1.29 is 18.3 Å². The van der Waals surface area contributed by atoms with Crippen LogP contribution in [0.2, 0.25) is 0 Å². The lowest BCUT2D eigenvalue weighted by molar-refractivity contribution is -0.280. The maximum Gasteiger partial charge on any atom is 0.417 e. The first-order chi connectivity index (χ1) is 8.80. The molecule has 0 aromatic heterocycles. The Morgan fingerprint density at radius 2 is 1.53 bits per heavy atom. The summed E-state index contributed by atoms with van der Waals surface area (Å²) in [4.78, 5) is 0. The predicted molar refractivity (Wildman–Crippen MR) is 64.2 cm³/mol. The van der Waals surface area contributed by atoms with Gasteiger partial charge in [0.05, 0.1) is 0 Å². The van der Waals surface area contributed by atoms with Crippen molar-refractivity contribution in [2.75, 3.05) is 0 Å². The monoisotopic (exact) mass is 274 g/mol. The molecule has 8 atom stereocenters. The zero-order valence-corrected chi connectivity index (χ0v) is 11.2. The predicted octanol–water partition coefficient (Wildman–Crippen LogP) is 3.62. The van der Waals surface area contributed by atoms with Crippen LogP contribution in [-0.2, 0) is 0 Å². The molecule has 0 spiro atoms. The Hall–Kier alpha value is -0.250. The zero-order chi connectivity index (χ0) is 13.6. The minimum absolute atomic E-state index is 0.127. The van der Waals surface area contributed by atoms with Crippen molar-refractivity contribution in [1.82, 2.24) is 0 Å². The van der Waals surface area contributed by atoms with E-state index in [0.717, 1.165) is 19.3 Å². The fourth-order valence-corrected chi connectivity index (χ4v) is 6.42. The third-order valence-corrected chi connectivity index (χ3v) is 7.03. The van der Waals surface area contributed by atoms with Crippen molar-refractivity contribution in [3.05, 3.63) is 0 Å². The first-order valence-electron chi connectivity index (χ1n) is 7.60. The fraction of sp³-hybridized carbons (Fsp3) is 1.00. The highest BCUT2D eigenvalue weighted by Crippen LogP contribution is 2.70. The normalized spacial score (nSPS) is 54.5. The van der Waals surface area contributed by atoms with Crippen molar-refractivity contribution >= 4 is 0 Å². The van der Waals surface area contributed by atoms with Crippen molar-refractivity contribution in [3.63, 3.8) is 0 Å². The third-order valence-electron chi connectivity index (χ3n) is 7.03. The average molecular weight is 274 g/mol. The number of hydrogen-bond donors (Lipinski definition) is 1. The third kappa shape index (κ3) is 1.42. The molecular formula is C15H21F3O. The molecule has 0 aromatic carbocycles. The van der Waals surface area contributed by atoms with Crippen molar-refractivity contribution in [2.45, 2.75) is 50.8 Å². The molecule has 4 fully saturated rings. The standard InChI is InChI=1S/C15H21F3O/c1-14(19,15(16,17)18)11-6-9-5-10(11)13-8-3-2-7(4-8)12(9)13/h7-13,19H,2-6H2,1H3. The molecule has 0 amide bonds. The molecule has 0 heterocycles. The molecule has 4 aliphatic rings. The summed E-state index contributed by atoms with van der Waals surface area (Å²) >= 11 is 0. The molecule has 0 aliphatic heterocycles. The van der Waals surface area contributed by atoms with E-state index in [-0.39, 0.29) is 5.92 Å². The van der Waals surface area contributed by atoms with Crippen LogP contribution in [0, 0.1) is 41.4 Å². The van der Waals surface area contributed by atoms with Gasteiger partial charge < -0.3 is 5.11 Å². The topological polar surface area (TPSA) is 20.2 Å². The molecule has 4 saturated carbocycles. The fourth-order valence-electron chi connectivity index (χ4n) is 6.42. The first kappa shape index (κ1) is 12.5. The Kier molecular flexibility index (Phi) is 2.30. The maximum absolute atomic E-state index is 13.1. The number of hydrogen-bond acceptors (Lipinski definition) is 1. The van der Waals surface area contributed by atoms with Gasteiger partial charge in [0, 0.05) is 0 Å². The van der Waals surface area contributed by atoms with E-state index < -0.39 is 17.7 Å². The molecule has 4 rings (SSSR count). The van der Waals surface area contributed by atoms with Gasteiger partial charge >= 0.3 is 6.18 Å². The summed E-state index contributed by atoms with van der Waals surface area (Å²) in [7, 11) is 0. The number of aliphatic hydroxyl groups is 1. The Morgan fingerprint density at radius 1 is 0.895 bits per heavy atom. The second-order valence-electron chi connectivity index (χ2n) is 7.64. The minimum atomic E-state index is -4.49. The van der Waals surface area contributed by atoms with Gasteiger partial charge in [0.1, 0.15) is 0 Å². The van der Waals surface area contributed by atoms with Crippen molar-refractivity contribution in [3.8, 4) is 0 Å². The molecule has 8 unspecified atom stereocenters. The second-order valence-corrected chi connectivity index (χ2v) is 7.64. The minimum Gasteiger partial charge on any atom is -0.380 e. The van der Waals surface area contributed by atoms with Gasteiger partial charge in [-0.25, -0.2) is 0 Å². The van der Waals surface area contributed by atoms with Gasteiger partial charge in [0.2, 0.25) is 0 Å². The highest BCUT2D eigenvalue weighted by Gasteiger charge is 2.68. The van der Waals surface area contributed by atoms with Crippen LogP contribution in [0.25, 0.3) is 0 Å². The summed E-state index contributed by atoms with van der Waals surface area (Å²) in [6.45, 7) is 1.00. The molecule has 1 N–H and O–H groups in total. The van der Waals surface area contributed by atoms with E-state index >= 15 is 0 Å². The second kappa shape index (κ2) is 3.49. The van der Waals surface area contributed by atoms with E-state index in [4.69, 9.17) is 0 Å². The summed E-state index contributed by atoms with van der Waals surface area (Å²) in [5, 5.41) is 10.0. The Balaban J connectivity index is 1.63. The lowest BCUT2D eigenvalue weighted by Crippen LogP contribution is -2.52. The molecule has 0 radical (unpaired) electrons. The molecule has 4 aliphatic carbocycles. The lowest BCUT2D eigenvalue weighted by Gasteiger charge is -2.44. The summed E-state index contributed by atoms with van der Waals surface area (Å²) in [6.07, 6.45) is 0.824. The highest BCUT2D eigenvalue weighted by molar-refractivity contribution is 5.14. The largest absolute Gasteiger partial charge is 0.417 e. The Labute approximate surface area is 111 Å². The van der Waals surface area contributed by atoms with Crippen LogP contribution in [0.1, 0.15) is 39.0 Å². The number of alkyl halides is 3. The van der Waals surface area contributed by atoms with Crippen LogP contribution >= 0.6 is 0 Å². The van der Waals surface area contributed by atoms with E-state index in [1.165, 1.54) is 19.3 Å². The van der Waals surface area contributed by atoms with Crippen molar-refractivity contribution in [1.29, 1.82) is 0 Å². The van der Waals surface area contributed by atoms with Crippen LogP contribution in [-0.4, -0.2) is 16.9 Å². The molecule has 108 valence electrons. The summed E-state index contributed by atoms with van der Waals surface area (Å²) in [5.41, 5.74) is -2.49. The zero-order valence-electron chi connectivity index (χ0n) is 11.2. The van der Waals surface area contributed by atoms with Gasteiger partial charge in [-0.3, -0.25) is 0 Å². The molecule has 0 aromatic rings. The lowest BCUT2D eigenvalue weighted by atomic mass is 9.64. The molecule has 4 bridgehead atoms. The number of halogens is 3. The van der Waals surface area contributed by atoms with Crippen molar-refractivity contribution in [2.24, 2.45) is 41.4 Å². The van der Waals surface area contributed by atoms with Crippen LogP contribution in [0.5, 0.6) is 0 Å². The SMILES string of the molecule is CC(O)(C1CC2CC1C1C3CCC(C3)C21)C(F)(F)F. The summed E-state index contributed by atoms with van der Waals surface area (Å²) in [5.74, 6) is 2.68. The van der Waals surface area contributed by atoms with Gasteiger partial charge in [0.15, 0.2) is 5.60 Å². The first-order valence-corrected chi connectivity index (χ1v) is 7.60. The molecule has 19 heavy (non-hydrogen) atoms. The van der Waals surface area contributed by atoms with Gasteiger partial charge in [-0.15, -0.1) is 0 Å². The van der Waals surface area contributed by atoms with E-state index in [1.807, 2.05) is 0 Å². The van der Waals surface area contributed by atoms with Gasteiger partial charge in [-0.1, -0.05) is 0 Å². The highest BCUT2D eigenvalue weighted by atomic mass is 19.4. The Bertz CT molecular complexity index is 403. The quantitative estimate of drug-likeness (QED) is 0.724. The Morgan fingerprint density at radius 3 is 2.16 bits per heavy atom. The smallest absolute Gasteiger partial charge is 0.380 e. The van der Waals surface area contributed by atoms with Crippen LogP contribution in [0.15, 0.2) is 0 Å². The van der Waals surface area contributed by atoms with Gasteiger partial charge in [0.25, 0.3) is 0 Å². The number of fused-ring (bicyclic) bond motifs is 9. The average Bonchev–Trinajstić information content (AvgIpc) is 3.05.